The summed E-state index contributed by atoms with van der Waals surface area (Å²) in [6.45, 7) is 0.0269. The largest absolute Gasteiger partial charge is 0.477 e. The maximum Gasteiger partial charge on any atom is 0.352 e. The van der Waals surface area contributed by atoms with Crippen LogP contribution in [0.5, 0.6) is 0 Å². The third-order valence-electron chi connectivity index (χ3n) is 2.50. The van der Waals surface area contributed by atoms with Crippen molar-refractivity contribution in [2.75, 3.05) is 0 Å². The summed E-state index contributed by atoms with van der Waals surface area (Å²) in [5, 5.41) is 8.99. The van der Waals surface area contributed by atoms with E-state index in [-0.39, 0.29) is 12.2 Å². The Morgan fingerprint density at radius 3 is 2.61 bits per heavy atom. The second kappa shape index (κ2) is 4.83. The summed E-state index contributed by atoms with van der Waals surface area (Å²) in [6, 6.07) is 9.69. The molecule has 4 nitrogen and oxygen atoms in total. The maximum atomic E-state index is 13.0. The number of aromatic carboxylic acids is 1. The fraction of sp³-hybridized carbons (Fsp3) is 0.0769. The molecule has 0 unspecified atom stereocenters. The van der Waals surface area contributed by atoms with Gasteiger partial charge in [-0.3, -0.25) is 9.36 Å². The van der Waals surface area contributed by atoms with Gasteiger partial charge in [0.15, 0.2) is 0 Å². The minimum atomic E-state index is -1.19. The van der Waals surface area contributed by atoms with Gasteiger partial charge in [-0.25, -0.2) is 9.18 Å². The smallest absolute Gasteiger partial charge is 0.352 e. The van der Waals surface area contributed by atoms with Crippen LogP contribution < -0.4 is 5.56 Å². The number of rotatable bonds is 3. The van der Waals surface area contributed by atoms with Gasteiger partial charge >= 0.3 is 5.97 Å². The van der Waals surface area contributed by atoms with E-state index < -0.39 is 17.3 Å². The quantitative estimate of drug-likeness (QED) is 0.898. The number of hydrogen-bond acceptors (Lipinski definition) is 2. The molecule has 0 aliphatic rings. The highest BCUT2D eigenvalue weighted by Crippen LogP contribution is 2.06. The molecule has 0 atom stereocenters. The molecule has 2 aromatic rings. The van der Waals surface area contributed by atoms with Gasteiger partial charge in [0.1, 0.15) is 11.5 Å². The average molecular weight is 247 g/mol. The van der Waals surface area contributed by atoms with Gasteiger partial charge in [0.25, 0.3) is 5.56 Å². The third-order valence-corrected chi connectivity index (χ3v) is 2.50. The van der Waals surface area contributed by atoms with Crippen LogP contribution in [-0.4, -0.2) is 15.6 Å². The molecule has 92 valence electrons. The first-order valence-corrected chi connectivity index (χ1v) is 5.25. The molecule has 2 rings (SSSR count). The predicted molar refractivity (Wildman–Crippen MR) is 63.2 cm³/mol. The fourth-order valence-electron chi connectivity index (χ4n) is 1.69. The number of nitrogens with zero attached hydrogens (tertiary/aromatic N) is 1. The van der Waals surface area contributed by atoms with E-state index in [0.717, 1.165) is 4.57 Å². The van der Waals surface area contributed by atoms with Crippen molar-refractivity contribution in [1.82, 2.24) is 4.57 Å². The number of carboxylic acids is 1. The number of carbonyl (C=O) groups is 1. The number of aromatic nitrogens is 1. The highest BCUT2D eigenvalue weighted by atomic mass is 19.1. The van der Waals surface area contributed by atoms with Gasteiger partial charge in [0.05, 0.1) is 6.54 Å². The molecular formula is C13H10FNO3. The van der Waals surface area contributed by atoms with Gasteiger partial charge < -0.3 is 5.11 Å². The van der Waals surface area contributed by atoms with Crippen LogP contribution in [0.3, 0.4) is 0 Å². The van der Waals surface area contributed by atoms with E-state index >= 15 is 0 Å². The standard InChI is InChI=1S/C13H10FNO3/c14-10-4-1-3-9(7-10)8-15-11(13(17)18)5-2-6-12(15)16/h1-7H,8H2,(H,17,18). The van der Waals surface area contributed by atoms with E-state index in [9.17, 15) is 14.0 Å². The minimum absolute atomic E-state index is 0.0269. The summed E-state index contributed by atoms with van der Waals surface area (Å²) >= 11 is 0. The van der Waals surface area contributed by atoms with Gasteiger partial charge in [0.2, 0.25) is 0 Å². The summed E-state index contributed by atoms with van der Waals surface area (Å²) in [7, 11) is 0. The Kier molecular flexibility index (Phi) is 3.23. The van der Waals surface area contributed by atoms with Crippen LogP contribution in [0, 0.1) is 5.82 Å². The highest BCUT2D eigenvalue weighted by Gasteiger charge is 2.10. The monoisotopic (exact) mass is 247 g/mol. The Hall–Kier alpha value is -2.43. The molecule has 0 aliphatic carbocycles. The van der Waals surface area contributed by atoms with Crippen LogP contribution in [-0.2, 0) is 6.54 Å². The number of hydrogen-bond donors (Lipinski definition) is 1. The number of pyridine rings is 1. The summed E-state index contributed by atoms with van der Waals surface area (Å²) in [5.41, 5.74) is -0.0169. The molecular weight excluding hydrogens is 237 g/mol. The van der Waals surface area contributed by atoms with Crippen molar-refractivity contribution in [2.45, 2.75) is 6.54 Å². The van der Waals surface area contributed by atoms with Crippen molar-refractivity contribution >= 4 is 5.97 Å². The number of carboxylic acid groups (broad SMARTS) is 1. The summed E-state index contributed by atoms with van der Waals surface area (Å²) < 4.78 is 14.1. The van der Waals surface area contributed by atoms with Crippen molar-refractivity contribution in [3.63, 3.8) is 0 Å². The van der Waals surface area contributed by atoms with Crippen molar-refractivity contribution in [3.8, 4) is 0 Å². The zero-order valence-electron chi connectivity index (χ0n) is 9.34. The normalized spacial score (nSPS) is 10.3. The van der Waals surface area contributed by atoms with Crippen LogP contribution >= 0.6 is 0 Å². The number of halogens is 1. The van der Waals surface area contributed by atoms with E-state index in [4.69, 9.17) is 5.11 Å². The van der Waals surface area contributed by atoms with E-state index in [1.54, 1.807) is 6.07 Å². The lowest BCUT2D eigenvalue weighted by molar-refractivity contribution is 0.0684. The van der Waals surface area contributed by atoms with Gasteiger partial charge in [0, 0.05) is 6.07 Å². The van der Waals surface area contributed by atoms with Crippen molar-refractivity contribution in [2.24, 2.45) is 0 Å². The van der Waals surface area contributed by atoms with Gasteiger partial charge in [-0.2, -0.15) is 0 Å². The molecule has 1 heterocycles. The molecule has 18 heavy (non-hydrogen) atoms. The van der Waals surface area contributed by atoms with Crippen LogP contribution in [0.2, 0.25) is 0 Å². The Bertz CT molecular complexity index is 649. The SMILES string of the molecule is O=C(O)c1cccc(=O)n1Cc1cccc(F)c1. The van der Waals surface area contributed by atoms with E-state index in [0.29, 0.717) is 5.56 Å². The third kappa shape index (κ3) is 2.45. The second-order valence-electron chi connectivity index (χ2n) is 3.77. The number of benzene rings is 1. The Morgan fingerprint density at radius 1 is 1.22 bits per heavy atom. The van der Waals surface area contributed by atoms with Crippen molar-refractivity contribution < 1.29 is 14.3 Å². The molecule has 0 spiro atoms. The van der Waals surface area contributed by atoms with Crippen LogP contribution in [0.15, 0.2) is 47.3 Å². The predicted octanol–water partition coefficient (Wildman–Crippen LogP) is 1.73. The zero-order chi connectivity index (χ0) is 13.1. The zero-order valence-corrected chi connectivity index (χ0v) is 9.34. The lowest BCUT2D eigenvalue weighted by Crippen LogP contribution is -2.25. The first kappa shape index (κ1) is 12.0. The molecule has 1 aromatic carbocycles. The van der Waals surface area contributed by atoms with Gasteiger partial charge in [-0.15, -0.1) is 0 Å². The topological polar surface area (TPSA) is 59.3 Å². The molecule has 1 aromatic heterocycles. The minimum Gasteiger partial charge on any atom is -0.477 e. The Morgan fingerprint density at radius 2 is 1.94 bits per heavy atom. The summed E-state index contributed by atoms with van der Waals surface area (Å²) in [4.78, 5) is 22.6. The average Bonchev–Trinajstić information content (AvgIpc) is 2.31. The van der Waals surface area contributed by atoms with Crippen molar-refractivity contribution in [1.29, 1.82) is 0 Å². The molecule has 0 saturated heterocycles. The molecule has 0 bridgehead atoms. The van der Waals surface area contributed by atoms with Gasteiger partial charge in [-0.05, 0) is 23.8 Å². The van der Waals surface area contributed by atoms with Crippen LogP contribution in [0.1, 0.15) is 16.1 Å². The first-order chi connectivity index (χ1) is 8.58. The molecule has 0 radical (unpaired) electrons. The Labute approximate surface area is 102 Å². The molecule has 5 heteroatoms. The molecule has 0 fully saturated rings. The maximum absolute atomic E-state index is 13.0. The summed E-state index contributed by atoms with van der Waals surface area (Å²) in [5.74, 6) is -1.61. The molecule has 1 N–H and O–H groups in total. The molecule has 0 amide bonds. The Balaban J connectivity index is 2.46. The first-order valence-electron chi connectivity index (χ1n) is 5.25. The second-order valence-corrected chi connectivity index (χ2v) is 3.77. The van der Waals surface area contributed by atoms with E-state index in [1.165, 1.54) is 36.4 Å². The molecule has 0 saturated carbocycles. The summed E-state index contributed by atoms with van der Waals surface area (Å²) in [6.07, 6.45) is 0. The van der Waals surface area contributed by atoms with Crippen molar-refractivity contribution in [3.05, 3.63) is 69.9 Å². The van der Waals surface area contributed by atoms with Gasteiger partial charge in [-0.1, -0.05) is 18.2 Å². The lowest BCUT2D eigenvalue weighted by atomic mass is 10.2. The fourth-order valence-corrected chi connectivity index (χ4v) is 1.69. The molecule has 0 aliphatic heterocycles. The highest BCUT2D eigenvalue weighted by molar-refractivity contribution is 5.85. The van der Waals surface area contributed by atoms with Crippen LogP contribution in [0.4, 0.5) is 4.39 Å². The van der Waals surface area contributed by atoms with E-state index in [1.807, 2.05) is 0 Å². The van der Waals surface area contributed by atoms with Crippen LogP contribution in [0.25, 0.3) is 0 Å². The van der Waals surface area contributed by atoms with E-state index in [2.05, 4.69) is 0 Å². The lowest BCUT2D eigenvalue weighted by Gasteiger charge is -2.09.